The molecule has 22 heavy (non-hydrogen) atoms. The summed E-state index contributed by atoms with van der Waals surface area (Å²) in [5.41, 5.74) is 1.28. The third kappa shape index (κ3) is 3.24. The molecule has 1 fully saturated rings. The molecule has 1 aliphatic heterocycles. The van der Waals surface area contributed by atoms with Gasteiger partial charge >= 0.3 is 5.97 Å². The van der Waals surface area contributed by atoms with Crippen LogP contribution in [0, 0.1) is 13.8 Å². The summed E-state index contributed by atoms with van der Waals surface area (Å²) < 4.78 is 5.42. The van der Waals surface area contributed by atoms with Crippen LogP contribution in [0.25, 0.3) is 0 Å². The number of carbonyl (C=O) groups is 1. The summed E-state index contributed by atoms with van der Waals surface area (Å²) in [7, 11) is 0. The summed E-state index contributed by atoms with van der Waals surface area (Å²) in [6.45, 7) is 5.05. The molecule has 1 atom stereocenters. The van der Waals surface area contributed by atoms with Gasteiger partial charge in [-0.05, 0) is 38.8 Å². The summed E-state index contributed by atoms with van der Waals surface area (Å²) in [5.74, 6) is 0.486. The van der Waals surface area contributed by atoms with Crippen molar-refractivity contribution in [1.29, 1.82) is 0 Å². The Morgan fingerprint density at radius 1 is 1.41 bits per heavy atom. The van der Waals surface area contributed by atoms with Crippen LogP contribution in [0.4, 0.5) is 5.82 Å². The maximum atomic E-state index is 12.0. The van der Waals surface area contributed by atoms with Gasteiger partial charge in [0.2, 0.25) is 0 Å². The molecule has 0 spiro atoms. The predicted molar refractivity (Wildman–Crippen MR) is 84.3 cm³/mol. The monoisotopic (exact) mass is 318 g/mol. The van der Waals surface area contributed by atoms with Crippen molar-refractivity contribution in [3.05, 3.63) is 33.9 Å². The molecule has 0 amide bonds. The molecule has 0 saturated carbocycles. The van der Waals surface area contributed by atoms with Crippen molar-refractivity contribution in [2.24, 2.45) is 0 Å². The standard InChI is InChI=1S/C15H18N4O2S/c1-10-5-6-14(18-17-10)19-7-3-4-12(19)8-21-15(20)13-9-22-11(2)16-13/h5-6,9,12H,3-4,7-8H2,1-2H3. The number of hydrogen-bond donors (Lipinski definition) is 0. The molecule has 3 heterocycles. The molecular formula is C15H18N4O2S. The number of aryl methyl sites for hydroxylation is 2. The zero-order valence-electron chi connectivity index (χ0n) is 12.7. The van der Waals surface area contributed by atoms with Crippen LogP contribution < -0.4 is 4.90 Å². The second-order valence-corrected chi connectivity index (χ2v) is 6.43. The van der Waals surface area contributed by atoms with E-state index >= 15 is 0 Å². The third-order valence-corrected chi connectivity index (χ3v) is 4.46. The summed E-state index contributed by atoms with van der Waals surface area (Å²) in [5, 5.41) is 10.9. The molecule has 0 radical (unpaired) electrons. The van der Waals surface area contributed by atoms with Crippen molar-refractivity contribution in [2.75, 3.05) is 18.1 Å². The highest BCUT2D eigenvalue weighted by atomic mass is 32.1. The van der Waals surface area contributed by atoms with E-state index in [-0.39, 0.29) is 12.0 Å². The first-order valence-corrected chi connectivity index (χ1v) is 8.17. The number of ether oxygens (including phenoxy) is 1. The van der Waals surface area contributed by atoms with Gasteiger partial charge in [0.1, 0.15) is 6.61 Å². The fraction of sp³-hybridized carbons (Fsp3) is 0.467. The first-order valence-electron chi connectivity index (χ1n) is 7.30. The summed E-state index contributed by atoms with van der Waals surface area (Å²) in [4.78, 5) is 18.3. The van der Waals surface area contributed by atoms with Gasteiger partial charge < -0.3 is 9.64 Å². The first kappa shape index (κ1) is 14.9. The Hall–Kier alpha value is -2.02. The SMILES string of the molecule is Cc1ccc(N2CCCC2COC(=O)c2csc(C)n2)nn1. The van der Waals surface area contributed by atoms with Gasteiger partial charge in [-0.1, -0.05) is 0 Å². The molecule has 116 valence electrons. The van der Waals surface area contributed by atoms with Crippen LogP contribution in [0.2, 0.25) is 0 Å². The van der Waals surface area contributed by atoms with Crippen molar-refractivity contribution in [3.63, 3.8) is 0 Å². The lowest BCUT2D eigenvalue weighted by atomic mass is 10.2. The maximum absolute atomic E-state index is 12.0. The van der Waals surface area contributed by atoms with Crippen LogP contribution in [0.1, 0.15) is 34.0 Å². The van der Waals surface area contributed by atoms with E-state index in [1.807, 2.05) is 26.0 Å². The third-order valence-electron chi connectivity index (χ3n) is 3.69. The topological polar surface area (TPSA) is 68.2 Å². The molecule has 1 unspecified atom stereocenters. The number of esters is 1. The maximum Gasteiger partial charge on any atom is 0.357 e. The van der Waals surface area contributed by atoms with Crippen molar-refractivity contribution in [3.8, 4) is 0 Å². The first-order chi connectivity index (χ1) is 10.6. The molecule has 0 bridgehead atoms. The highest BCUT2D eigenvalue weighted by Crippen LogP contribution is 2.23. The van der Waals surface area contributed by atoms with Crippen LogP contribution >= 0.6 is 11.3 Å². The summed E-state index contributed by atoms with van der Waals surface area (Å²) >= 11 is 1.45. The number of rotatable bonds is 4. The minimum atomic E-state index is -0.355. The molecule has 0 aromatic carbocycles. The quantitative estimate of drug-likeness (QED) is 0.806. The highest BCUT2D eigenvalue weighted by Gasteiger charge is 2.27. The van der Waals surface area contributed by atoms with Crippen LogP contribution in [0.5, 0.6) is 0 Å². The Morgan fingerprint density at radius 2 is 2.27 bits per heavy atom. The van der Waals surface area contributed by atoms with Crippen molar-refractivity contribution in [2.45, 2.75) is 32.7 Å². The Bertz CT molecular complexity index is 656. The number of hydrogen-bond acceptors (Lipinski definition) is 7. The molecule has 0 N–H and O–H groups in total. The van der Waals surface area contributed by atoms with Gasteiger partial charge in [0.15, 0.2) is 11.5 Å². The molecular weight excluding hydrogens is 300 g/mol. The van der Waals surface area contributed by atoms with E-state index < -0.39 is 0 Å². The lowest BCUT2D eigenvalue weighted by Crippen LogP contribution is -2.34. The molecule has 1 saturated heterocycles. The van der Waals surface area contributed by atoms with Gasteiger partial charge in [-0.25, -0.2) is 9.78 Å². The highest BCUT2D eigenvalue weighted by molar-refractivity contribution is 7.09. The molecule has 7 heteroatoms. The summed E-state index contributed by atoms with van der Waals surface area (Å²) in [6, 6.07) is 4.06. The lowest BCUT2D eigenvalue weighted by molar-refractivity contribution is 0.0476. The second kappa shape index (κ2) is 6.39. The van der Waals surface area contributed by atoms with E-state index in [1.165, 1.54) is 11.3 Å². The largest absolute Gasteiger partial charge is 0.459 e. The van der Waals surface area contributed by atoms with Gasteiger partial charge in [-0.15, -0.1) is 16.4 Å². The van der Waals surface area contributed by atoms with Crippen molar-refractivity contribution < 1.29 is 9.53 Å². The average Bonchev–Trinajstić information content (AvgIpc) is 3.14. The average molecular weight is 318 g/mol. The zero-order valence-corrected chi connectivity index (χ0v) is 13.5. The lowest BCUT2D eigenvalue weighted by Gasteiger charge is -2.24. The predicted octanol–water partition coefficient (Wildman–Crippen LogP) is 2.38. The van der Waals surface area contributed by atoms with Gasteiger partial charge in [0.25, 0.3) is 0 Å². The fourth-order valence-corrected chi connectivity index (χ4v) is 3.14. The minimum absolute atomic E-state index is 0.153. The molecule has 6 nitrogen and oxygen atoms in total. The smallest absolute Gasteiger partial charge is 0.357 e. The van der Waals surface area contributed by atoms with E-state index in [0.29, 0.717) is 12.3 Å². The van der Waals surface area contributed by atoms with Gasteiger partial charge in [-0.3, -0.25) is 0 Å². The minimum Gasteiger partial charge on any atom is -0.459 e. The van der Waals surface area contributed by atoms with Crippen molar-refractivity contribution >= 4 is 23.1 Å². The van der Waals surface area contributed by atoms with Crippen LogP contribution in [-0.4, -0.2) is 40.3 Å². The van der Waals surface area contributed by atoms with Crippen LogP contribution in [0.15, 0.2) is 17.5 Å². The molecule has 2 aromatic rings. The van der Waals surface area contributed by atoms with E-state index in [4.69, 9.17) is 4.74 Å². The number of nitrogens with zero attached hydrogens (tertiary/aromatic N) is 4. The Balaban J connectivity index is 1.61. The Labute approximate surface area is 133 Å². The molecule has 2 aromatic heterocycles. The van der Waals surface area contributed by atoms with Crippen molar-refractivity contribution in [1.82, 2.24) is 15.2 Å². The van der Waals surface area contributed by atoms with Crippen LogP contribution in [-0.2, 0) is 4.74 Å². The van der Waals surface area contributed by atoms with Crippen LogP contribution in [0.3, 0.4) is 0 Å². The Morgan fingerprint density at radius 3 is 2.95 bits per heavy atom. The Kier molecular flexibility index (Phi) is 4.33. The fourth-order valence-electron chi connectivity index (χ4n) is 2.56. The van der Waals surface area contributed by atoms with E-state index in [1.54, 1.807) is 5.38 Å². The number of anilines is 1. The number of carbonyl (C=O) groups excluding carboxylic acids is 1. The molecule has 1 aliphatic rings. The number of aromatic nitrogens is 3. The van der Waals surface area contributed by atoms with E-state index in [2.05, 4.69) is 20.1 Å². The van der Waals surface area contributed by atoms with Gasteiger partial charge in [0, 0.05) is 11.9 Å². The normalized spacial score (nSPS) is 17.7. The zero-order chi connectivity index (χ0) is 15.5. The van der Waals surface area contributed by atoms with E-state index in [0.717, 1.165) is 35.9 Å². The van der Waals surface area contributed by atoms with Gasteiger partial charge in [0.05, 0.1) is 16.7 Å². The number of thiazole rings is 1. The van der Waals surface area contributed by atoms with Gasteiger partial charge in [-0.2, -0.15) is 5.10 Å². The van der Waals surface area contributed by atoms with E-state index in [9.17, 15) is 4.79 Å². The summed E-state index contributed by atoms with van der Waals surface area (Å²) in [6.07, 6.45) is 2.05. The molecule has 0 aliphatic carbocycles. The second-order valence-electron chi connectivity index (χ2n) is 5.37. The molecule has 3 rings (SSSR count).